The topological polar surface area (TPSA) is 79.4 Å². The SMILES string of the molecule is O=C(C1CCN(C(=O)C2CC(=O)N(c3ccc4c(c3)OCCO4)C2)CC1)N1CCCC1. The van der Waals surface area contributed by atoms with Crippen molar-refractivity contribution in [2.75, 3.05) is 50.8 Å². The minimum atomic E-state index is -0.341. The van der Waals surface area contributed by atoms with Crippen LogP contribution in [0.2, 0.25) is 0 Å². The molecule has 0 aliphatic carbocycles. The van der Waals surface area contributed by atoms with Gasteiger partial charge in [-0.15, -0.1) is 0 Å². The summed E-state index contributed by atoms with van der Waals surface area (Å²) < 4.78 is 11.2. The van der Waals surface area contributed by atoms with Gasteiger partial charge in [-0.1, -0.05) is 0 Å². The normalized spacial score (nSPS) is 24.1. The van der Waals surface area contributed by atoms with Crippen LogP contribution in [0.15, 0.2) is 18.2 Å². The second kappa shape index (κ2) is 8.40. The van der Waals surface area contributed by atoms with Crippen molar-refractivity contribution in [2.24, 2.45) is 11.8 Å². The Labute approximate surface area is 182 Å². The van der Waals surface area contributed by atoms with E-state index in [2.05, 4.69) is 0 Å². The van der Waals surface area contributed by atoms with Crippen LogP contribution in [0, 0.1) is 11.8 Å². The van der Waals surface area contributed by atoms with Gasteiger partial charge in [0.2, 0.25) is 17.7 Å². The van der Waals surface area contributed by atoms with Gasteiger partial charge in [-0.3, -0.25) is 14.4 Å². The highest BCUT2D eigenvalue weighted by atomic mass is 16.6. The molecule has 0 radical (unpaired) electrons. The first-order valence-corrected chi connectivity index (χ1v) is 11.4. The van der Waals surface area contributed by atoms with E-state index in [9.17, 15) is 14.4 Å². The van der Waals surface area contributed by atoms with Crippen LogP contribution in [0.25, 0.3) is 0 Å². The molecule has 4 aliphatic heterocycles. The largest absolute Gasteiger partial charge is 0.486 e. The van der Waals surface area contributed by atoms with Crippen molar-refractivity contribution in [3.8, 4) is 11.5 Å². The van der Waals surface area contributed by atoms with Gasteiger partial charge in [0.1, 0.15) is 13.2 Å². The summed E-state index contributed by atoms with van der Waals surface area (Å²) >= 11 is 0. The van der Waals surface area contributed by atoms with Gasteiger partial charge < -0.3 is 24.2 Å². The maximum Gasteiger partial charge on any atom is 0.228 e. The lowest BCUT2D eigenvalue weighted by Gasteiger charge is -2.34. The van der Waals surface area contributed by atoms with Crippen molar-refractivity contribution >= 4 is 23.4 Å². The van der Waals surface area contributed by atoms with E-state index in [1.54, 1.807) is 4.90 Å². The Hall–Kier alpha value is -2.77. The van der Waals surface area contributed by atoms with Gasteiger partial charge in [0.05, 0.1) is 5.92 Å². The maximum absolute atomic E-state index is 13.1. The van der Waals surface area contributed by atoms with E-state index in [1.165, 1.54) is 0 Å². The molecule has 8 heteroatoms. The number of carbonyl (C=O) groups is 3. The standard InChI is InChI=1S/C23H29N3O5/c27-21-13-17(15-26(21)18-3-4-19-20(14-18)31-12-11-30-19)23(29)25-9-5-16(6-10-25)22(28)24-7-1-2-8-24/h3-4,14,16-17H,1-2,5-13,15H2. The number of fused-ring (bicyclic) bond motifs is 1. The molecule has 0 spiro atoms. The molecule has 0 aromatic heterocycles. The Morgan fingerprint density at radius 2 is 1.48 bits per heavy atom. The highest BCUT2D eigenvalue weighted by Crippen LogP contribution is 2.36. The summed E-state index contributed by atoms with van der Waals surface area (Å²) in [5.74, 6) is 1.24. The van der Waals surface area contributed by atoms with Crippen molar-refractivity contribution < 1.29 is 23.9 Å². The Balaban J connectivity index is 1.18. The maximum atomic E-state index is 13.1. The van der Waals surface area contributed by atoms with Gasteiger partial charge in [0.15, 0.2) is 11.5 Å². The van der Waals surface area contributed by atoms with Gasteiger partial charge in [0, 0.05) is 56.8 Å². The van der Waals surface area contributed by atoms with E-state index < -0.39 is 0 Å². The predicted molar refractivity (Wildman–Crippen MR) is 113 cm³/mol. The Kier molecular flexibility index (Phi) is 5.46. The second-order valence-electron chi connectivity index (χ2n) is 8.87. The predicted octanol–water partition coefficient (Wildman–Crippen LogP) is 1.67. The van der Waals surface area contributed by atoms with E-state index in [1.807, 2.05) is 28.0 Å². The summed E-state index contributed by atoms with van der Waals surface area (Å²) in [6.45, 7) is 4.32. The molecular formula is C23H29N3O5. The molecule has 0 N–H and O–H groups in total. The first-order valence-electron chi connectivity index (χ1n) is 11.4. The minimum Gasteiger partial charge on any atom is -0.486 e. The number of benzene rings is 1. The summed E-state index contributed by atoms with van der Waals surface area (Å²) in [7, 11) is 0. The molecule has 0 saturated carbocycles. The summed E-state index contributed by atoms with van der Waals surface area (Å²) in [5.41, 5.74) is 0.736. The third kappa shape index (κ3) is 3.95. The molecule has 5 rings (SSSR count). The number of hydrogen-bond acceptors (Lipinski definition) is 5. The van der Waals surface area contributed by atoms with Crippen LogP contribution in [-0.2, 0) is 14.4 Å². The molecule has 1 aromatic rings. The van der Waals surface area contributed by atoms with Gasteiger partial charge >= 0.3 is 0 Å². The number of anilines is 1. The molecule has 1 atom stereocenters. The first-order chi connectivity index (χ1) is 15.1. The van der Waals surface area contributed by atoms with E-state index in [-0.39, 0.29) is 36.0 Å². The summed E-state index contributed by atoms with van der Waals surface area (Å²) in [4.78, 5) is 43.9. The molecule has 0 bridgehead atoms. The smallest absolute Gasteiger partial charge is 0.228 e. The quantitative estimate of drug-likeness (QED) is 0.733. The molecular weight excluding hydrogens is 398 g/mol. The molecule has 166 valence electrons. The average molecular weight is 428 g/mol. The highest BCUT2D eigenvalue weighted by Gasteiger charge is 2.39. The fourth-order valence-corrected chi connectivity index (χ4v) is 5.12. The van der Waals surface area contributed by atoms with Crippen LogP contribution >= 0.6 is 0 Å². The molecule has 3 amide bonds. The summed E-state index contributed by atoms with van der Waals surface area (Å²) in [5, 5.41) is 0. The molecule has 3 saturated heterocycles. The zero-order valence-electron chi connectivity index (χ0n) is 17.8. The minimum absolute atomic E-state index is 0.0282. The van der Waals surface area contributed by atoms with Crippen molar-refractivity contribution in [1.82, 2.24) is 9.80 Å². The molecule has 31 heavy (non-hydrogen) atoms. The van der Waals surface area contributed by atoms with Gasteiger partial charge in [-0.2, -0.15) is 0 Å². The third-order valence-electron chi connectivity index (χ3n) is 6.89. The zero-order valence-corrected chi connectivity index (χ0v) is 17.8. The number of carbonyl (C=O) groups excluding carboxylic acids is 3. The molecule has 3 fully saturated rings. The summed E-state index contributed by atoms with van der Waals surface area (Å²) in [6.07, 6.45) is 3.85. The van der Waals surface area contributed by atoms with E-state index in [0.29, 0.717) is 57.2 Å². The van der Waals surface area contributed by atoms with Crippen molar-refractivity contribution in [3.63, 3.8) is 0 Å². The lowest BCUT2D eigenvalue weighted by atomic mass is 9.94. The zero-order chi connectivity index (χ0) is 21.4. The molecule has 1 aromatic carbocycles. The Morgan fingerprint density at radius 3 is 2.23 bits per heavy atom. The number of amides is 3. The van der Waals surface area contributed by atoms with E-state index >= 15 is 0 Å². The fourth-order valence-electron chi connectivity index (χ4n) is 5.12. The van der Waals surface area contributed by atoms with Gasteiger partial charge in [0.25, 0.3) is 0 Å². The van der Waals surface area contributed by atoms with Crippen LogP contribution in [0.5, 0.6) is 11.5 Å². The lowest BCUT2D eigenvalue weighted by molar-refractivity contribution is -0.142. The van der Waals surface area contributed by atoms with Gasteiger partial charge in [-0.25, -0.2) is 0 Å². The Bertz CT molecular complexity index is 874. The van der Waals surface area contributed by atoms with Crippen LogP contribution < -0.4 is 14.4 Å². The number of ether oxygens (including phenoxy) is 2. The highest BCUT2D eigenvalue weighted by molar-refractivity contribution is 6.00. The van der Waals surface area contributed by atoms with Crippen LogP contribution in [0.4, 0.5) is 5.69 Å². The molecule has 1 unspecified atom stereocenters. The monoisotopic (exact) mass is 427 g/mol. The van der Waals surface area contributed by atoms with Crippen molar-refractivity contribution in [3.05, 3.63) is 18.2 Å². The number of likely N-dealkylation sites (tertiary alicyclic amines) is 2. The fraction of sp³-hybridized carbons (Fsp3) is 0.609. The molecule has 4 heterocycles. The van der Waals surface area contributed by atoms with Crippen molar-refractivity contribution in [1.29, 1.82) is 0 Å². The number of piperidine rings is 1. The molecule has 4 aliphatic rings. The summed E-state index contributed by atoms with van der Waals surface area (Å²) in [6, 6.07) is 5.47. The number of hydrogen-bond donors (Lipinski definition) is 0. The van der Waals surface area contributed by atoms with Crippen LogP contribution in [-0.4, -0.2) is 73.5 Å². The lowest BCUT2D eigenvalue weighted by Crippen LogP contribution is -2.46. The average Bonchev–Trinajstić information content (AvgIpc) is 3.48. The second-order valence-corrected chi connectivity index (χ2v) is 8.87. The number of nitrogens with zero attached hydrogens (tertiary/aromatic N) is 3. The third-order valence-corrected chi connectivity index (χ3v) is 6.89. The van der Waals surface area contributed by atoms with Crippen LogP contribution in [0.3, 0.4) is 0 Å². The van der Waals surface area contributed by atoms with Gasteiger partial charge in [-0.05, 0) is 37.8 Å². The first kappa shape index (κ1) is 20.2. The van der Waals surface area contributed by atoms with E-state index in [4.69, 9.17) is 9.47 Å². The number of rotatable bonds is 3. The van der Waals surface area contributed by atoms with Crippen LogP contribution in [0.1, 0.15) is 32.1 Å². The molecule has 8 nitrogen and oxygen atoms in total. The Morgan fingerprint density at radius 1 is 0.839 bits per heavy atom. The van der Waals surface area contributed by atoms with Crippen molar-refractivity contribution in [2.45, 2.75) is 32.1 Å². The van der Waals surface area contributed by atoms with E-state index in [0.717, 1.165) is 31.6 Å².